The summed E-state index contributed by atoms with van der Waals surface area (Å²) in [5.41, 5.74) is 5.42. The van der Waals surface area contributed by atoms with Gasteiger partial charge in [0.25, 0.3) is 5.95 Å². The van der Waals surface area contributed by atoms with E-state index in [4.69, 9.17) is 5.73 Å². The number of nitrogens with two attached hydrogens (primary N) is 1. The Labute approximate surface area is 67.8 Å². The molecule has 0 bridgehead atoms. The Morgan fingerprint density at radius 3 is 2.83 bits per heavy atom. The highest BCUT2D eigenvalue weighted by molar-refractivity contribution is 5.26. The molecule has 0 aromatic carbocycles. The Morgan fingerprint density at radius 2 is 2.33 bits per heavy atom. The molecule has 0 aliphatic rings. The van der Waals surface area contributed by atoms with Gasteiger partial charge in [0, 0.05) is 19.3 Å². The average molecular weight is 165 g/mol. The molecule has 0 spiro atoms. The van der Waals surface area contributed by atoms with E-state index in [-0.39, 0.29) is 0 Å². The number of hydrogen-bond donors (Lipinski definition) is 1. The summed E-state index contributed by atoms with van der Waals surface area (Å²) in [6.07, 6.45) is 1.70. The average Bonchev–Trinajstić information content (AvgIpc) is 2.58. The highest BCUT2D eigenvalue weighted by atomic mass is 15.6. The predicted octanol–water partition coefficient (Wildman–Crippen LogP) is -1.02. The van der Waals surface area contributed by atoms with Crippen LogP contribution in [0.15, 0.2) is 12.3 Å². The zero-order chi connectivity index (χ0) is 8.55. The van der Waals surface area contributed by atoms with Crippen LogP contribution in [0.2, 0.25) is 0 Å². The van der Waals surface area contributed by atoms with Crippen LogP contribution in [0, 0.1) is 0 Å². The van der Waals surface area contributed by atoms with Gasteiger partial charge in [0.05, 0.1) is 0 Å². The van der Waals surface area contributed by atoms with E-state index >= 15 is 0 Å². The SMILES string of the molecule is Cn1nnnc1-n1ccc(N)n1. The zero-order valence-electron chi connectivity index (χ0n) is 6.42. The lowest BCUT2D eigenvalue weighted by Gasteiger charge is -1.95. The first-order valence-electron chi connectivity index (χ1n) is 3.31. The van der Waals surface area contributed by atoms with Crippen molar-refractivity contribution in [2.24, 2.45) is 7.05 Å². The number of rotatable bonds is 1. The molecule has 62 valence electrons. The van der Waals surface area contributed by atoms with Gasteiger partial charge < -0.3 is 5.73 Å². The van der Waals surface area contributed by atoms with Gasteiger partial charge >= 0.3 is 0 Å². The Bertz CT molecular complexity index is 386. The molecular formula is C5H7N7. The van der Waals surface area contributed by atoms with Crippen LogP contribution in [0.4, 0.5) is 5.82 Å². The van der Waals surface area contributed by atoms with E-state index in [1.807, 2.05) is 0 Å². The second-order valence-corrected chi connectivity index (χ2v) is 2.29. The summed E-state index contributed by atoms with van der Waals surface area (Å²) < 4.78 is 3.02. The number of anilines is 1. The van der Waals surface area contributed by atoms with Gasteiger partial charge in [0.15, 0.2) is 0 Å². The molecule has 12 heavy (non-hydrogen) atoms. The molecule has 7 nitrogen and oxygen atoms in total. The highest BCUT2D eigenvalue weighted by Crippen LogP contribution is 2.01. The molecule has 2 heterocycles. The Kier molecular flexibility index (Phi) is 1.29. The molecule has 2 aromatic rings. The van der Waals surface area contributed by atoms with E-state index in [9.17, 15) is 0 Å². The normalized spacial score (nSPS) is 10.4. The number of hydrogen-bond acceptors (Lipinski definition) is 5. The minimum atomic E-state index is 0.443. The number of nitrogen functional groups attached to an aromatic ring is 1. The largest absolute Gasteiger partial charge is 0.382 e. The first kappa shape index (κ1) is 6.77. The molecule has 0 saturated carbocycles. The van der Waals surface area contributed by atoms with Crippen molar-refractivity contribution < 1.29 is 0 Å². The van der Waals surface area contributed by atoms with Crippen molar-refractivity contribution in [2.45, 2.75) is 0 Å². The molecule has 0 atom stereocenters. The summed E-state index contributed by atoms with van der Waals surface area (Å²) in [6.45, 7) is 0. The summed E-state index contributed by atoms with van der Waals surface area (Å²) in [4.78, 5) is 0. The fourth-order valence-corrected chi connectivity index (χ4v) is 0.868. The van der Waals surface area contributed by atoms with Gasteiger partial charge in [0.1, 0.15) is 5.82 Å². The third-order valence-electron chi connectivity index (χ3n) is 1.41. The van der Waals surface area contributed by atoms with Crippen molar-refractivity contribution in [3.05, 3.63) is 12.3 Å². The van der Waals surface area contributed by atoms with Crippen molar-refractivity contribution >= 4 is 5.82 Å². The van der Waals surface area contributed by atoms with Crippen molar-refractivity contribution in [1.82, 2.24) is 30.0 Å². The van der Waals surface area contributed by atoms with Gasteiger partial charge in [-0.15, -0.1) is 5.10 Å². The van der Waals surface area contributed by atoms with Crippen LogP contribution < -0.4 is 5.73 Å². The maximum atomic E-state index is 5.42. The molecular weight excluding hydrogens is 158 g/mol. The van der Waals surface area contributed by atoms with E-state index in [2.05, 4.69) is 20.6 Å². The Balaban J connectivity index is 2.50. The smallest absolute Gasteiger partial charge is 0.270 e. The van der Waals surface area contributed by atoms with Crippen molar-refractivity contribution in [2.75, 3.05) is 5.73 Å². The third kappa shape index (κ3) is 0.911. The number of nitrogens with zero attached hydrogens (tertiary/aromatic N) is 6. The number of tetrazole rings is 1. The summed E-state index contributed by atoms with van der Waals surface area (Å²) in [5.74, 6) is 0.977. The Hall–Kier alpha value is -1.92. The lowest BCUT2D eigenvalue weighted by Crippen LogP contribution is -2.05. The van der Waals surface area contributed by atoms with Crippen molar-refractivity contribution in [3.63, 3.8) is 0 Å². The molecule has 0 aliphatic carbocycles. The lowest BCUT2D eigenvalue weighted by atomic mass is 10.7. The van der Waals surface area contributed by atoms with Crippen molar-refractivity contribution in [3.8, 4) is 5.95 Å². The van der Waals surface area contributed by atoms with Crippen LogP contribution in [0.25, 0.3) is 5.95 Å². The van der Waals surface area contributed by atoms with Gasteiger partial charge in [-0.25, -0.2) is 9.36 Å². The minimum absolute atomic E-state index is 0.443. The number of aryl methyl sites for hydroxylation is 1. The molecule has 2 N–H and O–H groups in total. The van der Waals surface area contributed by atoms with Gasteiger partial charge in [0.2, 0.25) is 0 Å². The fourth-order valence-electron chi connectivity index (χ4n) is 0.868. The molecule has 0 unspecified atom stereocenters. The standard InChI is InChI=1S/C5H7N7/c1-11-5(7-9-10-11)12-3-2-4(6)8-12/h2-3H,1H3,(H2,6,8). The second kappa shape index (κ2) is 2.29. The van der Waals surface area contributed by atoms with Crippen molar-refractivity contribution in [1.29, 1.82) is 0 Å². The summed E-state index contributed by atoms with van der Waals surface area (Å²) in [5, 5.41) is 14.8. The summed E-state index contributed by atoms with van der Waals surface area (Å²) >= 11 is 0. The minimum Gasteiger partial charge on any atom is -0.382 e. The quantitative estimate of drug-likeness (QED) is 0.584. The maximum Gasteiger partial charge on any atom is 0.270 e. The molecule has 0 fully saturated rings. The van der Waals surface area contributed by atoms with E-state index < -0.39 is 0 Å². The zero-order valence-corrected chi connectivity index (χ0v) is 6.42. The van der Waals surface area contributed by atoms with Gasteiger partial charge in [-0.05, 0) is 10.4 Å². The van der Waals surface area contributed by atoms with Crippen LogP contribution in [0.3, 0.4) is 0 Å². The second-order valence-electron chi connectivity index (χ2n) is 2.29. The van der Waals surface area contributed by atoms with Crippen LogP contribution >= 0.6 is 0 Å². The predicted molar refractivity (Wildman–Crippen MR) is 40.3 cm³/mol. The van der Waals surface area contributed by atoms with E-state index in [1.54, 1.807) is 19.3 Å². The molecule has 2 rings (SSSR count). The molecule has 0 amide bonds. The first-order chi connectivity index (χ1) is 5.77. The molecule has 0 radical (unpaired) electrons. The van der Waals surface area contributed by atoms with Gasteiger partial charge in [-0.3, -0.25) is 0 Å². The lowest BCUT2D eigenvalue weighted by molar-refractivity contribution is 0.672. The van der Waals surface area contributed by atoms with Crippen LogP contribution in [0.1, 0.15) is 0 Å². The van der Waals surface area contributed by atoms with Crippen LogP contribution in [-0.4, -0.2) is 30.0 Å². The molecule has 0 aliphatic heterocycles. The van der Waals surface area contributed by atoms with E-state index in [1.165, 1.54) is 9.36 Å². The summed E-state index contributed by atoms with van der Waals surface area (Å²) in [7, 11) is 1.73. The van der Waals surface area contributed by atoms with Crippen LogP contribution in [0.5, 0.6) is 0 Å². The van der Waals surface area contributed by atoms with E-state index in [0.29, 0.717) is 11.8 Å². The highest BCUT2D eigenvalue weighted by Gasteiger charge is 2.04. The molecule has 7 heteroatoms. The Morgan fingerprint density at radius 1 is 1.50 bits per heavy atom. The van der Waals surface area contributed by atoms with E-state index in [0.717, 1.165) is 0 Å². The number of aromatic nitrogens is 6. The maximum absolute atomic E-state index is 5.42. The first-order valence-corrected chi connectivity index (χ1v) is 3.31. The van der Waals surface area contributed by atoms with Gasteiger partial charge in [-0.2, -0.15) is 0 Å². The molecule has 0 saturated heterocycles. The summed E-state index contributed by atoms with van der Waals surface area (Å²) in [6, 6.07) is 1.68. The molecule has 2 aromatic heterocycles. The van der Waals surface area contributed by atoms with Crippen LogP contribution in [-0.2, 0) is 7.05 Å². The fraction of sp³-hybridized carbons (Fsp3) is 0.200. The van der Waals surface area contributed by atoms with Gasteiger partial charge in [-0.1, -0.05) is 5.10 Å². The third-order valence-corrected chi connectivity index (χ3v) is 1.41. The monoisotopic (exact) mass is 165 g/mol. The topological polar surface area (TPSA) is 87.4 Å².